The van der Waals surface area contributed by atoms with Crippen LogP contribution in [-0.4, -0.2) is 53.6 Å². The molecule has 8 nitrogen and oxygen atoms in total. The number of nitrogens with one attached hydrogen (secondary N) is 1. The maximum Gasteiger partial charge on any atom is 0.415 e. The van der Waals surface area contributed by atoms with Crippen LogP contribution in [0.4, 0.5) is 20.6 Å². The van der Waals surface area contributed by atoms with Crippen LogP contribution in [0.3, 0.4) is 0 Å². The zero-order chi connectivity index (χ0) is 24.1. The predicted octanol–water partition coefficient (Wildman–Crippen LogP) is 3.96. The summed E-state index contributed by atoms with van der Waals surface area (Å²) in [5.41, 5.74) is -0.153. The first-order valence-electron chi connectivity index (χ1n) is 11.4. The fourth-order valence-electron chi connectivity index (χ4n) is 4.70. The highest BCUT2D eigenvalue weighted by Gasteiger charge is 2.46. The summed E-state index contributed by atoms with van der Waals surface area (Å²) in [4.78, 5) is 41.3. The van der Waals surface area contributed by atoms with E-state index in [1.807, 2.05) is 0 Å². The molecule has 178 valence electrons. The summed E-state index contributed by atoms with van der Waals surface area (Å²) in [6.07, 6.45) is 1.35. The molecule has 34 heavy (non-hydrogen) atoms. The number of rotatable bonds is 2. The highest BCUT2D eigenvalue weighted by molar-refractivity contribution is 6.02. The lowest BCUT2D eigenvalue weighted by molar-refractivity contribution is -0.129. The first-order valence-corrected chi connectivity index (χ1v) is 11.4. The molecule has 3 heterocycles. The molecule has 2 fully saturated rings. The van der Waals surface area contributed by atoms with Gasteiger partial charge in [-0.05, 0) is 69.2 Å². The Kier molecular flexibility index (Phi) is 5.22. The highest BCUT2D eigenvalue weighted by atomic mass is 19.1. The van der Waals surface area contributed by atoms with Gasteiger partial charge in [0.25, 0.3) is 11.8 Å². The molecular formula is C25H26FN3O5. The largest absolute Gasteiger partial charge is 0.476 e. The standard InChI is InChI=1S/C25H26FN3O5/c1-24(2)22(31)27-19-14-16(4-9-20(19)33-24)21(30)28-12-3-10-25(11-13-28)15-29(23(32)34-25)18-7-5-17(26)6-8-18/h4-9,14H,3,10-13,15H2,1-2H3,(H,27,31)/t25-/m1/s1. The molecule has 3 amide bonds. The number of amides is 3. The molecule has 1 spiro atoms. The molecular weight excluding hydrogens is 441 g/mol. The van der Waals surface area contributed by atoms with Gasteiger partial charge in [0, 0.05) is 30.8 Å². The lowest BCUT2D eigenvalue weighted by atomic mass is 9.95. The van der Waals surface area contributed by atoms with Crippen LogP contribution < -0.4 is 15.0 Å². The molecule has 0 bridgehead atoms. The zero-order valence-corrected chi connectivity index (χ0v) is 19.1. The summed E-state index contributed by atoms with van der Waals surface area (Å²) in [6, 6.07) is 10.8. The number of halogens is 1. The Morgan fingerprint density at radius 2 is 1.79 bits per heavy atom. The number of likely N-dealkylation sites (tertiary alicyclic amines) is 1. The Morgan fingerprint density at radius 3 is 2.56 bits per heavy atom. The lowest BCUT2D eigenvalue weighted by Crippen LogP contribution is -2.45. The summed E-state index contributed by atoms with van der Waals surface area (Å²) < 4.78 is 24.8. The maximum absolute atomic E-state index is 13.3. The van der Waals surface area contributed by atoms with Gasteiger partial charge in [-0.25, -0.2) is 9.18 Å². The first kappa shape index (κ1) is 22.2. The van der Waals surface area contributed by atoms with E-state index in [-0.39, 0.29) is 17.6 Å². The SMILES string of the molecule is CC1(C)Oc2ccc(C(=O)N3CCC[C@@]4(CC3)CN(c3ccc(F)cc3)C(=O)O4)cc2NC1=O. The van der Waals surface area contributed by atoms with Crippen molar-refractivity contribution in [2.24, 2.45) is 0 Å². The van der Waals surface area contributed by atoms with Gasteiger partial charge in [-0.2, -0.15) is 0 Å². The molecule has 1 atom stereocenters. The smallest absolute Gasteiger partial charge is 0.415 e. The van der Waals surface area contributed by atoms with Crippen molar-refractivity contribution in [2.45, 2.75) is 44.3 Å². The maximum atomic E-state index is 13.3. The Morgan fingerprint density at radius 1 is 1.03 bits per heavy atom. The Bertz CT molecular complexity index is 1170. The van der Waals surface area contributed by atoms with E-state index in [1.165, 1.54) is 17.0 Å². The second kappa shape index (κ2) is 8.00. The molecule has 5 rings (SSSR count). The molecule has 0 radical (unpaired) electrons. The van der Waals surface area contributed by atoms with E-state index in [9.17, 15) is 18.8 Å². The van der Waals surface area contributed by atoms with Crippen molar-refractivity contribution >= 4 is 29.3 Å². The van der Waals surface area contributed by atoms with E-state index >= 15 is 0 Å². The van der Waals surface area contributed by atoms with Crippen LogP contribution in [0.2, 0.25) is 0 Å². The fourth-order valence-corrected chi connectivity index (χ4v) is 4.70. The van der Waals surface area contributed by atoms with Gasteiger partial charge in [0.2, 0.25) is 0 Å². The van der Waals surface area contributed by atoms with Gasteiger partial charge >= 0.3 is 6.09 Å². The van der Waals surface area contributed by atoms with Crippen LogP contribution in [0.15, 0.2) is 42.5 Å². The number of carbonyl (C=O) groups excluding carboxylic acids is 3. The van der Waals surface area contributed by atoms with Crippen LogP contribution in [0, 0.1) is 5.82 Å². The monoisotopic (exact) mass is 467 g/mol. The summed E-state index contributed by atoms with van der Waals surface area (Å²) in [5, 5.41) is 2.81. The van der Waals surface area contributed by atoms with Gasteiger partial charge in [-0.3, -0.25) is 14.5 Å². The van der Waals surface area contributed by atoms with E-state index < -0.39 is 17.3 Å². The predicted molar refractivity (Wildman–Crippen MR) is 122 cm³/mol. The van der Waals surface area contributed by atoms with Gasteiger partial charge in [-0.15, -0.1) is 0 Å². The van der Waals surface area contributed by atoms with Crippen LogP contribution in [0.25, 0.3) is 0 Å². The quantitative estimate of drug-likeness (QED) is 0.723. The third-order valence-corrected chi connectivity index (χ3v) is 6.68. The number of hydrogen-bond acceptors (Lipinski definition) is 5. The lowest BCUT2D eigenvalue weighted by Gasteiger charge is -2.32. The number of anilines is 2. The molecule has 0 aromatic heterocycles. The number of hydrogen-bond donors (Lipinski definition) is 1. The molecule has 2 aromatic rings. The van der Waals surface area contributed by atoms with Gasteiger partial charge in [-0.1, -0.05) is 0 Å². The normalized spacial score (nSPS) is 23.6. The molecule has 3 aliphatic rings. The van der Waals surface area contributed by atoms with Crippen LogP contribution >= 0.6 is 0 Å². The molecule has 9 heteroatoms. The van der Waals surface area contributed by atoms with Crippen molar-refractivity contribution < 1.29 is 28.2 Å². The second-order valence-electron chi connectivity index (χ2n) is 9.54. The van der Waals surface area contributed by atoms with E-state index in [1.54, 1.807) is 49.1 Å². The number of carbonyl (C=O) groups is 3. The topological polar surface area (TPSA) is 88.2 Å². The summed E-state index contributed by atoms with van der Waals surface area (Å²) in [7, 11) is 0. The minimum atomic E-state index is -0.974. The van der Waals surface area contributed by atoms with E-state index in [4.69, 9.17) is 9.47 Å². The Balaban J connectivity index is 1.29. The first-order chi connectivity index (χ1) is 16.2. The van der Waals surface area contributed by atoms with E-state index in [0.29, 0.717) is 61.6 Å². The van der Waals surface area contributed by atoms with Crippen molar-refractivity contribution in [3.8, 4) is 5.75 Å². The van der Waals surface area contributed by atoms with Gasteiger partial charge < -0.3 is 19.7 Å². The highest BCUT2D eigenvalue weighted by Crippen LogP contribution is 2.37. The van der Waals surface area contributed by atoms with Gasteiger partial charge in [0.05, 0.1) is 12.2 Å². The summed E-state index contributed by atoms with van der Waals surface area (Å²) in [6.45, 7) is 4.68. The second-order valence-corrected chi connectivity index (χ2v) is 9.54. The molecule has 3 aliphatic heterocycles. The van der Waals surface area contributed by atoms with Crippen LogP contribution in [0.1, 0.15) is 43.5 Å². The molecule has 0 saturated carbocycles. The number of ether oxygens (including phenoxy) is 2. The number of nitrogens with zero attached hydrogens (tertiary/aromatic N) is 2. The summed E-state index contributed by atoms with van der Waals surface area (Å²) >= 11 is 0. The average Bonchev–Trinajstić information content (AvgIpc) is 2.98. The Hall–Kier alpha value is -3.62. The summed E-state index contributed by atoms with van der Waals surface area (Å²) in [5.74, 6) is -0.268. The molecule has 1 N–H and O–H groups in total. The van der Waals surface area contributed by atoms with Gasteiger partial charge in [0.1, 0.15) is 17.2 Å². The number of benzene rings is 2. The average molecular weight is 467 g/mol. The molecule has 2 saturated heterocycles. The fraction of sp³-hybridized carbons (Fsp3) is 0.400. The number of fused-ring (bicyclic) bond motifs is 1. The zero-order valence-electron chi connectivity index (χ0n) is 19.1. The van der Waals surface area contributed by atoms with Crippen LogP contribution in [-0.2, 0) is 9.53 Å². The molecule has 2 aromatic carbocycles. The molecule has 0 aliphatic carbocycles. The van der Waals surface area contributed by atoms with E-state index in [0.717, 1.165) is 0 Å². The van der Waals surface area contributed by atoms with Gasteiger partial charge in [0.15, 0.2) is 5.60 Å². The minimum Gasteiger partial charge on any atom is -0.476 e. The van der Waals surface area contributed by atoms with Crippen molar-refractivity contribution in [2.75, 3.05) is 29.9 Å². The third-order valence-electron chi connectivity index (χ3n) is 6.68. The van der Waals surface area contributed by atoms with Crippen molar-refractivity contribution in [1.82, 2.24) is 4.90 Å². The Labute approximate surface area is 196 Å². The van der Waals surface area contributed by atoms with Crippen molar-refractivity contribution in [3.05, 3.63) is 53.8 Å². The third kappa shape index (κ3) is 3.95. The molecule has 0 unspecified atom stereocenters. The van der Waals surface area contributed by atoms with Crippen LogP contribution in [0.5, 0.6) is 5.75 Å². The minimum absolute atomic E-state index is 0.154. The van der Waals surface area contributed by atoms with Crippen molar-refractivity contribution in [3.63, 3.8) is 0 Å². The van der Waals surface area contributed by atoms with Crippen molar-refractivity contribution in [1.29, 1.82) is 0 Å². The van der Waals surface area contributed by atoms with E-state index in [2.05, 4.69) is 5.32 Å².